The number of methoxy groups -OCH3 is 1. The highest BCUT2D eigenvalue weighted by atomic mass is 16.5. The summed E-state index contributed by atoms with van der Waals surface area (Å²) in [5.41, 5.74) is 1.41. The Morgan fingerprint density at radius 2 is 1.38 bits per heavy atom. The fourth-order valence-corrected chi connectivity index (χ4v) is 5.72. The van der Waals surface area contributed by atoms with Crippen LogP contribution in [0.1, 0.15) is 83.5 Å². The molecule has 0 aromatic heterocycles. The molecule has 3 saturated carbocycles. The lowest BCUT2D eigenvalue weighted by molar-refractivity contribution is 0.0551. The highest BCUT2D eigenvalue weighted by molar-refractivity contribution is 5.03. The zero-order chi connectivity index (χ0) is 16.9. The van der Waals surface area contributed by atoms with Crippen molar-refractivity contribution in [3.8, 4) is 0 Å². The molecule has 0 radical (unpaired) electrons. The fraction of sp³-hybridized carbons (Fsp3) is 0.909. The van der Waals surface area contributed by atoms with Gasteiger partial charge in [-0.2, -0.15) is 0 Å². The molecule has 0 amide bonds. The van der Waals surface area contributed by atoms with E-state index in [9.17, 15) is 0 Å². The summed E-state index contributed by atoms with van der Waals surface area (Å²) in [6.07, 6.45) is 18.6. The number of hydrogen-bond donors (Lipinski definition) is 0. The van der Waals surface area contributed by atoms with Crippen LogP contribution in [0.15, 0.2) is 12.3 Å². The van der Waals surface area contributed by atoms with Crippen LogP contribution in [-0.2, 0) is 4.74 Å². The van der Waals surface area contributed by atoms with Gasteiger partial charge in [-0.3, -0.25) is 0 Å². The third-order valence-electron chi connectivity index (χ3n) is 7.54. The summed E-state index contributed by atoms with van der Waals surface area (Å²) in [6.45, 7) is 4.50. The van der Waals surface area contributed by atoms with Gasteiger partial charge in [-0.1, -0.05) is 38.7 Å². The second-order valence-electron chi connectivity index (χ2n) is 8.78. The second kappa shape index (κ2) is 8.74. The molecule has 0 aromatic rings. The van der Waals surface area contributed by atoms with Gasteiger partial charge >= 0.3 is 0 Å². The van der Waals surface area contributed by atoms with Crippen molar-refractivity contribution < 1.29 is 4.74 Å². The predicted octanol–water partition coefficient (Wildman–Crippen LogP) is 5.78. The van der Waals surface area contributed by atoms with Crippen molar-refractivity contribution in [3.05, 3.63) is 12.3 Å². The first-order valence-electron chi connectivity index (χ1n) is 10.6. The third kappa shape index (κ3) is 4.36. The molecule has 3 aliphatic carbocycles. The highest BCUT2D eigenvalue weighted by Gasteiger charge is 2.32. The van der Waals surface area contributed by atoms with Crippen LogP contribution in [0.25, 0.3) is 0 Å². The molecule has 0 N–H and O–H groups in total. The molecule has 3 aliphatic rings. The lowest BCUT2D eigenvalue weighted by atomic mass is 9.72. The van der Waals surface area contributed by atoms with Gasteiger partial charge in [0.25, 0.3) is 0 Å². The number of hydrogen-bond acceptors (Lipinski definition) is 2. The highest BCUT2D eigenvalue weighted by Crippen LogP contribution is 2.40. The summed E-state index contributed by atoms with van der Waals surface area (Å²) in [4.78, 5) is 2.56. The summed E-state index contributed by atoms with van der Waals surface area (Å²) in [6, 6.07) is 0.748. The van der Waals surface area contributed by atoms with Crippen molar-refractivity contribution in [2.75, 3.05) is 14.2 Å². The fourth-order valence-electron chi connectivity index (χ4n) is 5.72. The van der Waals surface area contributed by atoms with E-state index >= 15 is 0 Å². The minimum absolute atomic E-state index is 0.491. The molecule has 0 saturated heterocycles. The predicted molar refractivity (Wildman–Crippen MR) is 102 cm³/mol. The molecular weight excluding hydrogens is 294 g/mol. The molecule has 2 nitrogen and oxygen atoms in total. The van der Waals surface area contributed by atoms with Gasteiger partial charge in [-0.05, 0) is 69.1 Å². The van der Waals surface area contributed by atoms with Gasteiger partial charge in [0.05, 0.1) is 6.10 Å². The first-order valence-corrected chi connectivity index (χ1v) is 10.6. The van der Waals surface area contributed by atoms with Gasteiger partial charge in [-0.15, -0.1) is 0 Å². The Morgan fingerprint density at radius 1 is 0.792 bits per heavy atom. The summed E-state index contributed by atoms with van der Waals surface area (Å²) in [5, 5.41) is 0. The van der Waals surface area contributed by atoms with E-state index in [1.807, 2.05) is 7.11 Å². The summed E-state index contributed by atoms with van der Waals surface area (Å²) < 4.78 is 5.52. The van der Waals surface area contributed by atoms with Crippen LogP contribution < -0.4 is 0 Å². The maximum absolute atomic E-state index is 5.52. The monoisotopic (exact) mass is 333 g/mol. The van der Waals surface area contributed by atoms with Gasteiger partial charge in [-0.25, -0.2) is 0 Å². The Labute approximate surface area is 150 Å². The minimum atomic E-state index is 0.491. The van der Waals surface area contributed by atoms with E-state index in [1.165, 1.54) is 89.2 Å². The van der Waals surface area contributed by atoms with Gasteiger partial charge in [0, 0.05) is 25.9 Å². The number of ether oxygens (including phenoxy) is 1. The lowest BCUT2D eigenvalue weighted by Gasteiger charge is -2.42. The van der Waals surface area contributed by atoms with Crippen LogP contribution in [0.3, 0.4) is 0 Å². The van der Waals surface area contributed by atoms with Crippen molar-refractivity contribution in [1.82, 2.24) is 4.90 Å². The molecule has 138 valence electrons. The van der Waals surface area contributed by atoms with Crippen molar-refractivity contribution in [1.29, 1.82) is 0 Å². The topological polar surface area (TPSA) is 12.5 Å². The normalized spacial score (nSPS) is 35.6. The van der Waals surface area contributed by atoms with Gasteiger partial charge < -0.3 is 9.64 Å². The van der Waals surface area contributed by atoms with Crippen LogP contribution >= 0.6 is 0 Å². The molecule has 0 atom stereocenters. The largest absolute Gasteiger partial charge is 0.381 e. The standard InChI is InChI=1S/C22H39NO/c1-17(18-11-15-22(24-3)16-12-18)23(2)21-13-9-20(10-14-21)19-7-5-4-6-8-19/h18-22H,1,4-16H2,2-3H3. The minimum Gasteiger partial charge on any atom is -0.381 e. The van der Waals surface area contributed by atoms with E-state index in [0.29, 0.717) is 12.0 Å². The Balaban J connectivity index is 1.44. The average molecular weight is 334 g/mol. The molecule has 0 unspecified atom stereocenters. The van der Waals surface area contributed by atoms with E-state index in [-0.39, 0.29) is 0 Å². The molecule has 0 bridgehead atoms. The number of allylic oxidation sites excluding steroid dienone is 1. The van der Waals surface area contributed by atoms with Gasteiger partial charge in [0.1, 0.15) is 0 Å². The van der Waals surface area contributed by atoms with Crippen molar-refractivity contribution in [3.63, 3.8) is 0 Å². The van der Waals surface area contributed by atoms with E-state index in [1.54, 1.807) is 0 Å². The first kappa shape index (κ1) is 18.3. The van der Waals surface area contributed by atoms with Crippen LogP contribution in [0.5, 0.6) is 0 Å². The maximum Gasteiger partial charge on any atom is 0.0571 e. The van der Waals surface area contributed by atoms with Crippen LogP contribution in [0, 0.1) is 17.8 Å². The quantitative estimate of drug-likeness (QED) is 0.632. The van der Waals surface area contributed by atoms with Crippen LogP contribution in [0.4, 0.5) is 0 Å². The molecule has 0 aromatic carbocycles. The Kier molecular flexibility index (Phi) is 6.66. The molecular formula is C22H39NO. The molecule has 0 aliphatic heterocycles. The number of nitrogens with zero attached hydrogens (tertiary/aromatic N) is 1. The lowest BCUT2D eigenvalue weighted by Crippen LogP contribution is -2.38. The van der Waals surface area contributed by atoms with Crippen molar-refractivity contribution >= 4 is 0 Å². The molecule has 24 heavy (non-hydrogen) atoms. The molecule has 2 heteroatoms. The van der Waals surface area contributed by atoms with E-state index in [4.69, 9.17) is 4.74 Å². The zero-order valence-corrected chi connectivity index (χ0v) is 16.1. The Hall–Kier alpha value is -0.500. The summed E-state index contributed by atoms with van der Waals surface area (Å²) >= 11 is 0. The SMILES string of the molecule is C=C(C1CCC(OC)CC1)N(C)C1CCC(C2CCCCC2)CC1. The van der Waals surface area contributed by atoms with E-state index < -0.39 is 0 Å². The summed E-state index contributed by atoms with van der Waals surface area (Å²) in [7, 11) is 4.17. The smallest absolute Gasteiger partial charge is 0.0571 e. The van der Waals surface area contributed by atoms with Crippen LogP contribution in [0.2, 0.25) is 0 Å². The van der Waals surface area contributed by atoms with Gasteiger partial charge in [0.15, 0.2) is 0 Å². The van der Waals surface area contributed by atoms with E-state index in [2.05, 4.69) is 18.5 Å². The summed E-state index contributed by atoms with van der Waals surface area (Å²) in [5.74, 6) is 2.77. The van der Waals surface area contributed by atoms with E-state index in [0.717, 1.165) is 17.9 Å². The average Bonchev–Trinajstić information content (AvgIpc) is 2.68. The molecule has 0 heterocycles. The Morgan fingerprint density at radius 3 is 1.96 bits per heavy atom. The number of rotatable bonds is 5. The van der Waals surface area contributed by atoms with Crippen molar-refractivity contribution in [2.24, 2.45) is 17.8 Å². The first-order chi connectivity index (χ1) is 11.7. The maximum atomic E-state index is 5.52. The molecule has 0 spiro atoms. The molecule has 3 fully saturated rings. The zero-order valence-electron chi connectivity index (χ0n) is 16.1. The van der Waals surface area contributed by atoms with Gasteiger partial charge in [0.2, 0.25) is 0 Å². The van der Waals surface area contributed by atoms with Crippen molar-refractivity contribution in [2.45, 2.75) is 95.6 Å². The Bertz CT molecular complexity index is 385. The van der Waals surface area contributed by atoms with Crippen LogP contribution in [-0.4, -0.2) is 31.2 Å². The third-order valence-corrected chi connectivity index (χ3v) is 7.54. The molecule has 3 rings (SSSR count). The second-order valence-corrected chi connectivity index (χ2v) is 8.78.